The SMILES string of the molecule is FC1(F)CCNC[C@@]12CCN(c1ncccn1)C2. The fourth-order valence-corrected chi connectivity index (χ4v) is 2.91. The third kappa shape index (κ3) is 1.75. The number of alkyl halides is 2. The lowest BCUT2D eigenvalue weighted by molar-refractivity contribution is -0.131. The summed E-state index contributed by atoms with van der Waals surface area (Å²) in [5.74, 6) is -2.04. The lowest BCUT2D eigenvalue weighted by Gasteiger charge is -2.41. The van der Waals surface area contributed by atoms with E-state index in [1.807, 2.05) is 4.90 Å². The number of halogens is 2. The predicted molar refractivity (Wildman–Crippen MR) is 63.7 cm³/mol. The second kappa shape index (κ2) is 4.12. The molecule has 2 aliphatic rings. The van der Waals surface area contributed by atoms with E-state index in [1.54, 1.807) is 18.5 Å². The number of rotatable bonds is 1. The van der Waals surface area contributed by atoms with Gasteiger partial charge in [0.1, 0.15) is 0 Å². The molecule has 0 radical (unpaired) electrons. The van der Waals surface area contributed by atoms with Gasteiger partial charge in [-0.05, 0) is 12.5 Å². The summed E-state index contributed by atoms with van der Waals surface area (Å²) in [6.07, 6.45) is 3.71. The summed E-state index contributed by atoms with van der Waals surface area (Å²) >= 11 is 0. The van der Waals surface area contributed by atoms with E-state index in [-0.39, 0.29) is 6.42 Å². The topological polar surface area (TPSA) is 41.0 Å². The fraction of sp³-hybridized carbons (Fsp3) is 0.667. The van der Waals surface area contributed by atoms with Gasteiger partial charge in [0.05, 0.1) is 5.41 Å². The van der Waals surface area contributed by atoms with Crippen molar-refractivity contribution in [3.05, 3.63) is 18.5 Å². The molecule has 0 unspecified atom stereocenters. The van der Waals surface area contributed by atoms with Crippen LogP contribution in [-0.2, 0) is 0 Å². The molecule has 1 N–H and O–H groups in total. The van der Waals surface area contributed by atoms with Crippen LogP contribution in [0, 0.1) is 5.41 Å². The molecule has 3 rings (SSSR count). The monoisotopic (exact) mass is 254 g/mol. The molecule has 0 aromatic carbocycles. The Labute approximate surface area is 104 Å². The highest BCUT2D eigenvalue weighted by Crippen LogP contribution is 2.47. The van der Waals surface area contributed by atoms with Gasteiger partial charge in [0.25, 0.3) is 5.92 Å². The average molecular weight is 254 g/mol. The lowest BCUT2D eigenvalue weighted by Crippen LogP contribution is -2.55. The minimum Gasteiger partial charge on any atom is -0.340 e. The highest BCUT2D eigenvalue weighted by atomic mass is 19.3. The van der Waals surface area contributed by atoms with Crippen molar-refractivity contribution in [3.8, 4) is 0 Å². The van der Waals surface area contributed by atoms with Gasteiger partial charge in [-0.3, -0.25) is 0 Å². The molecule has 3 heterocycles. The lowest BCUT2D eigenvalue weighted by atomic mass is 9.76. The van der Waals surface area contributed by atoms with Crippen molar-refractivity contribution in [1.29, 1.82) is 0 Å². The molecule has 1 atom stereocenters. The van der Waals surface area contributed by atoms with Gasteiger partial charge in [0.15, 0.2) is 0 Å². The summed E-state index contributed by atoms with van der Waals surface area (Å²) in [7, 11) is 0. The number of nitrogens with zero attached hydrogens (tertiary/aromatic N) is 3. The molecule has 1 aromatic heterocycles. The Bertz CT molecular complexity index is 425. The van der Waals surface area contributed by atoms with E-state index in [4.69, 9.17) is 0 Å². The van der Waals surface area contributed by atoms with E-state index in [1.165, 1.54) is 0 Å². The molecular weight excluding hydrogens is 238 g/mol. The van der Waals surface area contributed by atoms with Crippen molar-refractivity contribution < 1.29 is 8.78 Å². The normalized spacial score (nSPS) is 30.9. The van der Waals surface area contributed by atoms with E-state index < -0.39 is 11.3 Å². The highest BCUT2D eigenvalue weighted by Gasteiger charge is 2.58. The Morgan fingerprint density at radius 2 is 2.00 bits per heavy atom. The smallest absolute Gasteiger partial charge is 0.257 e. The molecule has 18 heavy (non-hydrogen) atoms. The molecule has 1 aromatic rings. The zero-order chi connectivity index (χ0) is 12.6. The molecule has 0 aliphatic carbocycles. The molecule has 6 heteroatoms. The van der Waals surface area contributed by atoms with Crippen LogP contribution in [0.3, 0.4) is 0 Å². The van der Waals surface area contributed by atoms with Crippen molar-refractivity contribution >= 4 is 5.95 Å². The molecule has 0 bridgehead atoms. The number of anilines is 1. The standard InChI is InChI=1S/C12H16F2N4/c13-12(14)2-6-15-8-11(12)3-7-18(9-11)10-16-4-1-5-17-10/h1,4-5,15H,2-3,6-9H2/t11-/m1/s1. The Balaban J connectivity index is 1.82. The number of nitrogens with one attached hydrogen (secondary N) is 1. The van der Waals surface area contributed by atoms with Gasteiger partial charge in [-0.1, -0.05) is 0 Å². The molecule has 2 fully saturated rings. The van der Waals surface area contributed by atoms with E-state index in [2.05, 4.69) is 15.3 Å². The number of hydrogen-bond acceptors (Lipinski definition) is 4. The average Bonchev–Trinajstić information content (AvgIpc) is 2.81. The first-order valence-corrected chi connectivity index (χ1v) is 6.24. The number of piperidine rings is 1. The first-order valence-electron chi connectivity index (χ1n) is 6.24. The highest BCUT2D eigenvalue weighted by molar-refractivity contribution is 5.33. The van der Waals surface area contributed by atoms with Crippen LogP contribution in [0.2, 0.25) is 0 Å². The molecule has 0 amide bonds. The van der Waals surface area contributed by atoms with Crippen LogP contribution in [0.15, 0.2) is 18.5 Å². The van der Waals surface area contributed by atoms with Gasteiger partial charge in [-0.15, -0.1) is 0 Å². The van der Waals surface area contributed by atoms with Gasteiger partial charge in [0.2, 0.25) is 5.95 Å². The van der Waals surface area contributed by atoms with Crippen molar-refractivity contribution in [2.75, 3.05) is 31.1 Å². The minimum absolute atomic E-state index is 0.0729. The van der Waals surface area contributed by atoms with Crippen LogP contribution >= 0.6 is 0 Å². The van der Waals surface area contributed by atoms with Gasteiger partial charge in [0, 0.05) is 45.0 Å². The van der Waals surface area contributed by atoms with E-state index >= 15 is 0 Å². The molecule has 98 valence electrons. The molecule has 1 spiro atoms. The van der Waals surface area contributed by atoms with Crippen LogP contribution in [0.4, 0.5) is 14.7 Å². The van der Waals surface area contributed by atoms with Crippen LogP contribution in [0.1, 0.15) is 12.8 Å². The van der Waals surface area contributed by atoms with E-state index in [0.717, 1.165) is 0 Å². The van der Waals surface area contributed by atoms with Crippen LogP contribution in [-0.4, -0.2) is 42.1 Å². The summed E-state index contributed by atoms with van der Waals surface area (Å²) in [6.45, 7) is 1.71. The summed E-state index contributed by atoms with van der Waals surface area (Å²) in [5, 5.41) is 3.10. The van der Waals surface area contributed by atoms with Crippen molar-refractivity contribution in [1.82, 2.24) is 15.3 Å². The fourth-order valence-electron chi connectivity index (χ4n) is 2.91. The first kappa shape index (κ1) is 11.8. The number of aromatic nitrogens is 2. The van der Waals surface area contributed by atoms with E-state index in [9.17, 15) is 8.78 Å². The quantitative estimate of drug-likeness (QED) is 0.820. The van der Waals surface area contributed by atoms with Crippen LogP contribution in [0.5, 0.6) is 0 Å². The summed E-state index contributed by atoms with van der Waals surface area (Å²) in [5.41, 5.74) is -0.954. The number of hydrogen-bond donors (Lipinski definition) is 1. The van der Waals surface area contributed by atoms with Gasteiger partial charge < -0.3 is 10.2 Å². The first-order chi connectivity index (χ1) is 8.63. The van der Waals surface area contributed by atoms with E-state index in [0.29, 0.717) is 38.5 Å². The van der Waals surface area contributed by atoms with Crippen molar-refractivity contribution in [2.45, 2.75) is 18.8 Å². The maximum Gasteiger partial charge on any atom is 0.257 e. The summed E-state index contributed by atoms with van der Waals surface area (Å²) in [4.78, 5) is 10.1. The third-order valence-corrected chi connectivity index (χ3v) is 4.04. The summed E-state index contributed by atoms with van der Waals surface area (Å²) in [6, 6.07) is 1.73. The summed E-state index contributed by atoms with van der Waals surface area (Å²) < 4.78 is 28.3. The zero-order valence-corrected chi connectivity index (χ0v) is 10.1. The third-order valence-electron chi connectivity index (χ3n) is 4.04. The second-order valence-corrected chi connectivity index (χ2v) is 5.13. The molecule has 2 saturated heterocycles. The molecule has 2 aliphatic heterocycles. The van der Waals surface area contributed by atoms with Crippen LogP contribution < -0.4 is 10.2 Å². The Morgan fingerprint density at radius 3 is 2.72 bits per heavy atom. The molecular formula is C12H16F2N4. The van der Waals surface area contributed by atoms with Gasteiger partial charge in [-0.2, -0.15) is 0 Å². The Kier molecular flexibility index (Phi) is 2.69. The predicted octanol–water partition coefficient (Wildman–Crippen LogP) is 1.30. The molecule has 4 nitrogen and oxygen atoms in total. The van der Waals surface area contributed by atoms with Crippen LogP contribution in [0.25, 0.3) is 0 Å². The largest absolute Gasteiger partial charge is 0.340 e. The Morgan fingerprint density at radius 1 is 1.22 bits per heavy atom. The maximum absolute atomic E-state index is 14.1. The maximum atomic E-state index is 14.1. The minimum atomic E-state index is -2.60. The van der Waals surface area contributed by atoms with Crippen molar-refractivity contribution in [2.24, 2.45) is 5.41 Å². The van der Waals surface area contributed by atoms with Gasteiger partial charge >= 0.3 is 0 Å². The van der Waals surface area contributed by atoms with Crippen molar-refractivity contribution in [3.63, 3.8) is 0 Å². The zero-order valence-electron chi connectivity index (χ0n) is 10.1. The molecule has 0 saturated carbocycles. The second-order valence-electron chi connectivity index (χ2n) is 5.13. The van der Waals surface area contributed by atoms with Gasteiger partial charge in [-0.25, -0.2) is 18.7 Å². The Hall–Kier alpha value is -1.30.